The van der Waals surface area contributed by atoms with Gasteiger partial charge in [0.05, 0.1) is 29.8 Å². The molecular weight excluding hydrogens is 391 g/mol. The van der Waals surface area contributed by atoms with Crippen molar-refractivity contribution in [3.8, 4) is 0 Å². The molecule has 2 N–H and O–H groups in total. The average Bonchev–Trinajstić information content (AvgIpc) is 2.74. The van der Waals surface area contributed by atoms with Gasteiger partial charge in [-0.15, -0.1) is 0 Å². The van der Waals surface area contributed by atoms with E-state index in [4.69, 9.17) is 4.74 Å². The van der Waals surface area contributed by atoms with E-state index in [0.717, 1.165) is 0 Å². The van der Waals surface area contributed by atoms with Gasteiger partial charge >= 0.3 is 5.69 Å². The number of halogens is 1. The van der Waals surface area contributed by atoms with Crippen LogP contribution in [0.25, 0.3) is 10.9 Å². The van der Waals surface area contributed by atoms with Gasteiger partial charge in [0, 0.05) is 31.7 Å². The number of anilines is 2. The highest BCUT2D eigenvalue weighted by Gasteiger charge is 2.16. The first-order valence-electron chi connectivity index (χ1n) is 9.67. The topological polar surface area (TPSA) is 96.4 Å². The number of aromatic amines is 1. The van der Waals surface area contributed by atoms with Gasteiger partial charge < -0.3 is 15.0 Å². The van der Waals surface area contributed by atoms with Crippen LogP contribution in [-0.2, 0) is 16.1 Å². The van der Waals surface area contributed by atoms with Gasteiger partial charge in [0.2, 0.25) is 5.91 Å². The van der Waals surface area contributed by atoms with Gasteiger partial charge in [-0.1, -0.05) is 12.1 Å². The Hall–Kier alpha value is -3.46. The third-order valence-corrected chi connectivity index (χ3v) is 5.05. The molecule has 1 saturated heterocycles. The molecule has 30 heavy (non-hydrogen) atoms. The number of para-hydroxylation sites is 1. The highest BCUT2D eigenvalue weighted by molar-refractivity contribution is 5.91. The molecular formula is C21H21FN4O4. The van der Waals surface area contributed by atoms with E-state index >= 15 is 0 Å². The summed E-state index contributed by atoms with van der Waals surface area (Å²) in [5.41, 5.74) is 0.232. The van der Waals surface area contributed by atoms with Gasteiger partial charge in [-0.3, -0.25) is 19.1 Å². The maximum absolute atomic E-state index is 14.5. The van der Waals surface area contributed by atoms with Crippen molar-refractivity contribution >= 4 is 28.2 Å². The summed E-state index contributed by atoms with van der Waals surface area (Å²) in [5, 5.41) is 3.03. The molecule has 1 amide bonds. The Morgan fingerprint density at radius 1 is 1.13 bits per heavy atom. The Kier molecular flexibility index (Phi) is 5.62. The summed E-state index contributed by atoms with van der Waals surface area (Å²) in [6.07, 6.45) is -0.0111. The highest BCUT2D eigenvalue weighted by atomic mass is 19.1. The molecule has 1 fully saturated rings. The van der Waals surface area contributed by atoms with Crippen molar-refractivity contribution in [3.63, 3.8) is 0 Å². The average molecular weight is 412 g/mol. The zero-order chi connectivity index (χ0) is 21.1. The second kappa shape index (κ2) is 8.50. The standard InChI is InChI=1S/C21H21FN4O4/c22-16-13-14(5-6-18(16)25-9-11-30-12-10-25)23-19(27)7-8-26-17-4-2-1-3-15(17)20(28)24-21(26)29/h1-6,13H,7-12H2,(H,23,27)(H,24,28,29). The van der Waals surface area contributed by atoms with Gasteiger partial charge in [0.25, 0.3) is 5.56 Å². The Morgan fingerprint density at radius 3 is 2.67 bits per heavy atom. The Balaban J connectivity index is 1.45. The summed E-state index contributed by atoms with van der Waals surface area (Å²) < 4.78 is 21.1. The number of amides is 1. The van der Waals surface area contributed by atoms with Gasteiger partial charge in [0.15, 0.2) is 0 Å². The smallest absolute Gasteiger partial charge is 0.328 e. The number of nitrogens with one attached hydrogen (secondary N) is 2. The molecule has 4 rings (SSSR count). The number of ether oxygens (including phenoxy) is 1. The zero-order valence-corrected chi connectivity index (χ0v) is 16.2. The number of carbonyl (C=O) groups excluding carboxylic acids is 1. The molecule has 0 unspecified atom stereocenters. The fraction of sp³-hybridized carbons (Fsp3) is 0.286. The van der Waals surface area contributed by atoms with Gasteiger partial charge in [-0.2, -0.15) is 0 Å². The van der Waals surface area contributed by atoms with E-state index in [0.29, 0.717) is 48.6 Å². The van der Waals surface area contributed by atoms with Crippen molar-refractivity contribution in [1.29, 1.82) is 0 Å². The van der Waals surface area contributed by atoms with E-state index in [9.17, 15) is 18.8 Å². The number of aryl methyl sites for hydroxylation is 1. The summed E-state index contributed by atoms with van der Waals surface area (Å²) in [6, 6.07) is 11.3. The Labute approximate surface area is 170 Å². The summed E-state index contributed by atoms with van der Waals surface area (Å²) >= 11 is 0. The first-order valence-corrected chi connectivity index (χ1v) is 9.67. The van der Waals surface area contributed by atoms with Crippen LogP contribution >= 0.6 is 0 Å². The van der Waals surface area contributed by atoms with Crippen LogP contribution in [0.15, 0.2) is 52.1 Å². The van der Waals surface area contributed by atoms with Crippen LogP contribution in [0.2, 0.25) is 0 Å². The molecule has 8 nitrogen and oxygen atoms in total. The van der Waals surface area contributed by atoms with E-state index in [2.05, 4.69) is 10.3 Å². The van der Waals surface area contributed by atoms with E-state index < -0.39 is 17.1 Å². The minimum absolute atomic E-state index is 0.0111. The molecule has 2 aromatic carbocycles. The monoisotopic (exact) mass is 412 g/mol. The van der Waals surface area contributed by atoms with Crippen LogP contribution in [-0.4, -0.2) is 41.8 Å². The lowest BCUT2D eigenvalue weighted by molar-refractivity contribution is -0.116. The summed E-state index contributed by atoms with van der Waals surface area (Å²) in [7, 11) is 0. The number of carbonyl (C=O) groups is 1. The fourth-order valence-corrected chi connectivity index (χ4v) is 3.55. The van der Waals surface area contributed by atoms with Crippen LogP contribution in [0.4, 0.5) is 15.8 Å². The molecule has 0 saturated carbocycles. The normalized spacial score (nSPS) is 14.1. The number of morpholine rings is 1. The molecule has 0 atom stereocenters. The predicted octanol–water partition coefficient (Wildman–Crippen LogP) is 1.69. The lowest BCUT2D eigenvalue weighted by Crippen LogP contribution is -2.36. The lowest BCUT2D eigenvalue weighted by Gasteiger charge is -2.29. The highest BCUT2D eigenvalue weighted by Crippen LogP contribution is 2.23. The largest absolute Gasteiger partial charge is 0.378 e. The molecule has 0 radical (unpaired) electrons. The number of hydrogen-bond donors (Lipinski definition) is 2. The van der Waals surface area contributed by atoms with Crippen molar-refractivity contribution in [2.24, 2.45) is 0 Å². The van der Waals surface area contributed by atoms with Crippen molar-refractivity contribution in [2.45, 2.75) is 13.0 Å². The number of hydrogen-bond acceptors (Lipinski definition) is 5. The summed E-state index contributed by atoms with van der Waals surface area (Å²) in [6.45, 7) is 2.42. The van der Waals surface area contributed by atoms with Crippen LogP contribution in [0.5, 0.6) is 0 Å². The number of H-pyrrole nitrogens is 1. The SMILES string of the molecule is O=C(CCn1c(=O)[nH]c(=O)c2ccccc21)Nc1ccc(N2CCOCC2)c(F)c1. The van der Waals surface area contributed by atoms with Crippen molar-refractivity contribution in [1.82, 2.24) is 9.55 Å². The number of rotatable bonds is 5. The summed E-state index contributed by atoms with van der Waals surface area (Å²) in [4.78, 5) is 40.6. The molecule has 1 aliphatic heterocycles. The van der Waals surface area contributed by atoms with E-state index in [1.54, 1.807) is 36.4 Å². The maximum atomic E-state index is 14.5. The predicted molar refractivity (Wildman–Crippen MR) is 112 cm³/mol. The number of fused-ring (bicyclic) bond motifs is 1. The molecule has 1 aliphatic rings. The van der Waals surface area contributed by atoms with Crippen molar-refractivity contribution in [3.05, 3.63) is 69.1 Å². The van der Waals surface area contributed by atoms with Crippen LogP contribution in [0.1, 0.15) is 6.42 Å². The minimum Gasteiger partial charge on any atom is -0.378 e. The Bertz CT molecular complexity index is 1200. The fourth-order valence-electron chi connectivity index (χ4n) is 3.55. The van der Waals surface area contributed by atoms with E-state index in [-0.39, 0.29) is 18.9 Å². The van der Waals surface area contributed by atoms with Crippen LogP contribution < -0.4 is 21.5 Å². The van der Waals surface area contributed by atoms with E-state index in [1.165, 1.54) is 10.6 Å². The molecule has 156 valence electrons. The van der Waals surface area contributed by atoms with Gasteiger partial charge in [-0.25, -0.2) is 9.18 Å². The third-order valence-electron chi connectivity index (χ3n) is 5.05. The molecule has 0 bridgehead atoms. The van der Waals surface area contributed by atoms with Crippen molar-refractivity contribution < 1.29 is 13.9 Å². The number of aromatic nitrogens is 2. The second-order valence-corrected chi connectivity index (χ2v) is 6.99. The quantitative estimate of drug-likeness (QED) is 0.665. The number of nitrogens with zero attached hydrogens (tertiary/aromatic N) is 2. The molecule has 2 heterocycles. The van der Waals surface area contributed by atoms with Gasteiger partial charge in [0.1, 0.15) is 5.82 Å². The number of benzene rings is 2. The molecule has 0 aliphatic carbocycles. The molecule has 0 spiro atoms. The van der Waals surface area contributed by atoms with Gasteiger partial charge in [-0.05, 0) is 30.3 Å². The first-order chi connectivity index (χ1) is 14.5. The molecule has 9 heteroatoms. The molecule has 3 aromatic rings. The Morgan fingerprint density at radius 2 is 1.90 bits per heavy atom. The van der Waals surface area contributed by atoms with Crippen molar-refractivity contribution in [2.75, 3.05) is 36.5 Å². The van der Waals surface area contributed by atoms with Crippen LogP contribution in [0, 0.1) is 5.82 Å². The van der Waals surface area contributed by atoms with Crippen LogP contribution in [0.3, 0.4) is 0 Å². The van der Waals surface area contributed by atoms with E-state index in [1.807, 2.05) is 4.90 Å². The summed E-state index contributed by atoms with van der Waals surface area (Å²) in [5.74, 6) is -0.784. The second-order valence-electron chi connectivity index (χ2n) is 6.99. The third kappa shape index (κ3) is 4.11. The lowest BCUT2D eigenvalue weighted by atomic mass is 10.2. The molecule has 1 aromatic heterocycles. The maximum Gasteiger partial charge on any atom is 0.328 e. The minimum atomic E-state index is -0.576. The first kappa shape index (κ1) is 19.8. The zero-order valence-electron chi connectivity index (χ0n) is 16.2.